The van der Waals surface area contributed by atoms with E-state index in [0.29, 0.717) is 5.39 Å². The van der Waals surface area contributed by atoms with Gasteiger partial charge < -0.3 is 9.47 Å². The molecule has 0 aromatic heterocycles. The zero-order valence-corrected chi connectivity index (χ0v) is 13.9. The highest BCUT2D eigenvalue weighted by molar-refractivity contribution is 5.90. The molecule has 0 atom stereocenters. The highest BCUT2D eigenvalue weighted by Gasteiger charge is 2.18. The molecule has 0 unspecified atom stereocenters. The minimum absolute atomic E-state index is 0.285. The largest absolute Gasteiger partial charge is 0.490 e. The van der Waals surface area contributed by atoms with Crippen LogP contribution < -0.4 is 9.47 Å². The Bertz CT molecular complexity index is 890. The number of ether oxygens (including phenoxy) is 2. The molecule has 3 rings (SSSR count). The summed E-state index contributed by atoms with van der Waals surface area (Å²) in [5, 5.41) is 0.749. The lowest BCUT2D eigenvalue weighted by Gasteiger charge is -2.13. The predicted octanol–water partition coefficient (Wildman–Crippen LogP) is 5.82. The molecule has 0 heterocycles. The molecule has 0 spiro atoms. The predicted molar refractivity (Wildman–Crippen MR) is 91.9 cm³/mol. The molecule has 130 valence electrons. The summed E-state index contributed by atoms with van der Waals surface area (Å²) in [7, 11) is 1.21. The summed E-state index contributed by atoms with van der Waals surface area (Å²) in [5.41, 5.74) is 3.04. The molecule has 5 heteroatoms. The van der Waals surface area contributed by atoms with Crippen LogP contribution in [0.4, 0.5) is 13.2 Å². The zero-order valence-electron chi connectivity index (χ0n) is 13.9. The maximum Gasteiger partial charge on any atom is 0.387 e. The van der Waals surface area contributed by atoms with E-state index in [4.69, 9.17) is 4.74 Å². The molecule has 2 nitrogen and oxygen atoms in total. The fraction of sp³-hybridized carbons (Fsp3) is 0.200. The van der Waals surface area contributed by atoms with E-state index in [1.165, 1.54) is 18.7 Å². The van der Waals surface area contributed by atoms with Gasteiger partial charge in [0.1, 0.15) is 0 Å². The Morgan fingerprint density at radius 1 is 0.960 bits per heavy atom. The molecule has 0 saturated heterocycles. The van der Waals surface area contributed by atoms with Gasteiger partial charge in [0, 0.05) is 5.39 Å². The van der Waals surface area contributed by atoms with Crippen molar-refractivity contribution in [1.82, 2.24) is 0 Å². The van der Waals surface area contributed by atoms with E-state index in [9.17, 15) is 13.2 Å². The topological polar surface area (TPSA) is 18.5 Å². The van der Waals surface area contributed by atoms with Gasteiger partial charge >= 0.3 is 6.61 Å². The summed E-state index contributed by atoms with van der Waals surface area (Å²) in [6.07, 6.45) is 0.942. The summed E-state index contributed by atoms with van der Waals surface area (Å²) in [6, 6.07) is 14.5. The summed E-state index contributed by atoms with van der Waals surface area (Å²) in [5.74, 6) is -1.36. The van der Waals surface area contributed by atoms with Crippen LogP contribution in [0.3, 0.4) is 0 Å². The SMILES string of the molecule is CCc1ccc(-c2ccc3c(F)c(OC)c(OC(F)F)cc3c2)cc1. The number of alkyl halides is 2. The summed E-state index contributed by atoms with van der Waals surface area (Å²) in [6.45, 7) is -0.985. The standard InChI is InChI=1S/C20H17F3O2/c1-3-12-4-6-13(7-5-12)14-8-9-16-15(10-14)11-17(25-20(22)23)19(24-2)18(16)21/h4-11,20H,3H2,1-2H3. The molecule has 25 heavy (non-hydrogen) atoms. The summed E-state index contributed by atoms with van der Waals surface area (Å²) < 4.78 is 49.0. The quantitative estimate of drug-likeness (QED) is 0.580. The first-order valence-corrected chi connectivity index (χ1v) is 7.88. The second-order valence-corrected chi connectivity index (χ2v) is 5.59. The first-order valence-electron chi connectivity index (χ1n) is 7.88. The van der Waals surface area contributed by atoms with E-state index >= 15 is 0 Å². The van der Waals surface area contributed by atoms with Crippen LogP contribution in [0.15, 0.2) is 48.5 Å². The van der Waals surface area contributed by atoms with Gasteiger partial charge in [-0.1, -0.05) is 43.3 Å². The lowest BCUT2D eigenvalue weighted by Crippen LogP contribution is -2.04. The van der Waals surface area contributed by atoms with E-state index in [-0.39, 0.29) is 16.9 Å². The molecule has 3 aromatic carbocycles. The highest BCUT2D eigenvalue weighted by atomic mass is 19.3. The lowest BCUT2D eigenvalue weighted by atomic mass is 9.99. The highest BCUT2D eigenvalue weighted by Crippen LogP contribution is 2.38. The van der Waals surface area contributed by atoms with Crippen molar-refractivity contribution in [3.05, 3.63) is 59.9 Å². The van der Waals surface area contributed by atoms with Crippen molar-refractivity contribution in [2.75, 3.05) is 7.11 Å². The van der Waals surface area contributed by atoms with Crippen LogP contribution >= 0.6 is 0 Å². The average molecular weight is 346 g/mol. The van der Waals surface area contributed by atoms with Crippen LogP contribution in [0.25, 0.3) is 21.9 Å². The van der Waals surface area contributed by atoms with Gasteiger partial charge in [0.25, 0.3) is 0 Å². The smallest absolute Gasteiger partial charge is 0.387 e. The second kappa shape index (κ2) is 7.05. The average Bonchev–Trinajstić information content (AvgIpc) is 2.61. The van der Waals surface area contributed by atoms with Crippen molar-refractivity contribution in [3.63, 3.8) is 0 Å². The third-order valence-electron chi connectivity index (χ3n) is 4.11. The lowest BCUT2D eigenvalue weighted by molar-refractivity contribution is -0.0513. The molecule has 0 amide bonds. The van der Waals surface area contributed by atoms with Crippen molar-refractivity contribution in [2.45, 2.75) is 20.0 Å². The fourth-order valence-electron chi connectivity index (χ4n) is 2.81. The number of fused-ring (bicyclic) bond motifs is 1. The third-order valence-corrected chi connectivity index (χ3v) is 4.11. The van der Waals surface area contributed by atoms with Gasteiger partial charge in [-0.15, -0.1) is 0 Å². The van der Waals surface area contributed by atoms with Crippen molar-refractivity contribution in [3.8, 4) is 22.6 Å². The Hall–Kier alpha value is -2.69. The van der Waals surface area contributed by atoms with Gasteiger partial charge in [0.05, 0.1) is 7.11 Å². The van der Waals surface area contributed by atoms with Gasteiger partial charge in [-0.2, -0.15) is 8.78 Å². The fourth-order valence-corrected chi connectivity index (χ4v) is 2.81. The Morgan fingerprint density at radius 2 is 1.64 bits per heavy atom. The number of hydrogen-bond donors (Lipinski definition) is 0. The maximum absolute atomic E-state index is 14.6. The van der Waals surface area contributed by atoms with Gasteiger partial charge in [-0.3, -0.25) is 0 Å². The molecule has 0 radical (unpaired) electrons. The van der Waals surface area contributed by atoms with E-state index in [1.807, 2.05) is 24.3 Å². The molecule has 0 bridgehead atoms. The van der Waals surface area contributed by atoms with Gasteiger partial charge in [-0.05, 0) is 40.6 Å². The molecular formula is C20H17F3O2. The Balaban J connectivity index is 2.12. The van der Waals surface area contributed by atoms with E-state index in [2.05, 4.69) is 11.7 Å². The van der Waals surface area contributed by atoms with Gasteiger partial charge in [0.2, 0.25) is 0 Å². The molecule has 0 aliphatic heterocycles. The van der Waals surface area contributed by atoms with Crippen LogP contribution in [0.2, 0.25) is 0 Å². The number of methoxy groups -OCH3 is 1. The molecule has 0 saturated carbocycles. The third kappa shape index (κ3) is 3.40. The van der Waals surface area contributed by atoms with Crippen molar-refractivity contribution >= 4 is 10.8 Å². The van der Waals surface area contributed by atoms with Crippen molar-refractivity contribution < 1.29 is 22.6 Å². The minimum atomic E-state index is -3.06. The van der Waals surface area contributed by atoms with Crippen LogP contribution in [0.5, 0.6) is 11.5 Å². The summed E-state index contributed by atoms with van der Waals surface area (Å²) >= 11 is 0. The number of benzene rings is 3. The minimum Gasteiger partial charge on any atom is -0.490 e. The molecule has 3 aromatic rings. The molecule has 0 fully saturated rings. The first-order chi connectivity index (χ1) is 12.0. The monoisotopic (exact) mass is 346 g/mol. The Morgan fingerprint density at radius 3 is 2.24 bits per heavy atom. The van der Waals surface area contributed by atoms with Crippen LogP contribution in [0.1, 0.15) is 12.5 Å². The van der Waals surface area contributed by atoms with Gasteiger partial charge in [-0.25, -0.2) is 4.39 Å². The van der Waals surface area contributed by atoms with Crippen molar-refractivity contribution in [2.24, 2.45) is 0 Å². The number of hydrogen-bond acceptors (Lipinski definition) is 2. The molecule has 0 N–H and O–H groups in total. The zero-order chi connectivity index (χ0) is 18.0. The van der Waals surface area contributed by atoms with Crippen LogP contribution in [-0.2, 0) is 6.42 Å². The van der Waals surface area contributed by atoms with E-state index in [1.54, 1.807) is 18.2 Å². The van der Waals surface area contributed by atoms with E-state index in [0.717, 1.165) is 17.5 Å². The molecular weight excluding hydrogens is 329 g/mol. The Kier molecular flexibility index (Phi) is 4.83. The summed E-state index contributed by atoms with van der Waals surface area (Å²) in [4.78, 5) is 0. The van der Waals surface area contributed by atoms with Crippen LogP contribution in [-0.4, -0.2) is 13.7 Å². The van der Waals surface area contributed by atoms with Crippen molar-refractivity contribution in [1.29, 1.82) is 0 Å². The second-order valence-electron chi connectivity index (χ2n) is 5.59. The maximum atomic E-state index is 14.6. The van der Waals surface area contributed by atoms with E-state index < -0.39 is 12.4 Å². The van der Waals surface area contributed by atoms with Crippen LogP contribution in [0, 0.1) is 5.82 Å². The molecule has 0 aliphatic carbocycles. The number of aryl methyl sites for hydroxylation is 1. The molecule has 0 aliphatic rings. The number of halogens is 3. The Labute approximate surface area is 143 Å². The number of rotatable bonds is 5. The van der Waals surface area contributed by atoms with Gasteiger partial charge in [0.15, 0.2) is 17.3 Å². The first kappa shape index (κ1) is 17.1. The normalized spacial score (nSPS) is 11.1.